The Bertz CT molecular complexity index is 624. The van der Waals surface area contributed by atoms with Crippen LogP contribution in [0.4, 0.5) is 0 Å². The summed E-state index contributed by atoms with van der Waals surface area (Å²) in [5, 5.41) is 2.93. The van der Waals surface area contributed by atoms with Crippen LogP contribution in [0.15, 0.2) is 27.4 Å². The highest BCUT2D eigenvalue weighted by atomic mass is 16.4. The molecular formula is C12H14N2O3. The monoisotopic (exact) mass is 234 g/mol. The van der Waals surface area contributed by atoms with E-state index in [1.807, 2.05) is 6.07 Å². The number of likely N-dealkylation sites (N-methyl/N-ethyl adjacent to an activating group) is 1. The molecule has 0 saturated heterocycles. The molecule has 1 unspecified atom stereocenters. The van der Waals surface area contributed by atoms with Gasteiger partial charge in [-0.05, 0) is 31.7 Å². The van der Waals surface area contributed by atoms with Crippen molar-refractivity contribution in [3.63, 3.8) is 0 Å². The van der Waals surface area contributed by atoms with Crippen molar-refractivity contribution in [2.24, 2.45) is 7.05 Å². The molecule has 1 atom stereocenters. The van der Waals surface area contributed by atoms with E-state index in [1.165, 1.54) is 11.5 Å². The Labute approximate surface area is 98.0 Å². The van der Waals surface area contributed by atoms with Gasteiger partial charge in [0.15, 0.2) is 11.4 Å². The van der Waals surface area contributed by atoms with Gasteiger partial charge in [0, 0.05) is 7.05 Å². The first-order valence-electron chi connectivity index (χ1n) is 5.31. The van der Waals surface area contributed by atoms with E-state index < -0.39 is 5.76 Å². The Hall–Kier alpha value is -1.88. The van der Waals surface area contributed by atoms with E-state index in [1.54, 1.807) is 26.2 Å². The van der Waals surface area contributed by atoms with Crippen molar-refractivity contribution in [2.45, 2.75) is 13.0 Å². The number of hydrogen-bond donors (Lipinski definition) is 1. The molecule has 90 valence electrons. The van der Waals surface area contributed by atoms with E-state index in [0.29, 0.717) is 5.58 Å². The first-order valence-corrected chi connectivity index (χ1v) is 5.31. The molecule has 0 amide bonds. The van der Waals surface area contributed by atoms with Crippen LogP contribution in [-0.2, 0) is 11.8 Å². The van der Waals surface area contributed by atoms with Crippen LogP contribution in [-0.4, -0.2) is 17.4 Å². The minimum absolute atomic E-state index is 0.0186. The molecule has 0 aliphatic carbocycles. The summed E-state index contributed by atoms with van der Waals surface area (Å²) in [6, 6.07) is 4.95. The Balaban J connectivity index is 2.58. The van der Waals surface area contributed by atoms with Gasteiger partial charge in [0.2, 0.25) is 0 Å². The second-order valence-corrected chi connectivity index (χ2v) is 3.99. The van der Waals surface area contributed by atoms with Gasteiger partial charge in [-0.3, -0.25) is 9.36 Å². The summed E-state index contributed by atoms with van der Waals surface area (Å²) in [5.41, 5.74) is 2.01. The number of benzene rings is 1. The number of fused-ring (bicyclic) bond motifs is 1. The highest BCUT2D eigenvalue weighted by Gasteiger charge is 2.16. The smallest absolute Gasteiger partial charge is 0.408 e. The summed E-state index contributed by atoms with van der Waals surface area (Å²) in [6.45, 7) is 1.52. The summed E-state index contributed by atoms with van der Waals surface area (Å²) >= 11 is 0. The maximum atomic E-state index is 11.4. The molecule has 0 spiro atoms. The van der Waals surface area contributed by atoms with Crippen LogP contribution in [0.1, 0.15) is 18.5 Å². The number of oxazole rings is 1. The summed E-state index contributed by atoms with van der Waals surface area (Å²) in [4.78, 5) is 22.8. The van der Waals surface area contributed by atoms with E-state index in [0.717, 1.165) is 11.1 Å². The first-order chi connectivity index (χ1) is 8.04. The van der Waals surface area contributed by atoms with E-state index in [4.69, 9.17) is 4.42 Å². The van der Waals surface area contributed by atoms with Crippen LogP contribution < -0.4 is 11.1 Å². The molecule has 1 heterocycles. The van der Waals surface area contributed by atoms with Gasteiger partial charge in [0.25, 0.3) is 0 Å². The van der Waals surface area contributed by atoms with Gasteiger partial charge in [-0.15, -0.1) is 0 Å². The molecule has 0 radical (unpaired) electrons. The number of aromatic nitrogens is 1. The fourth-order valence-corrected chi connectivity index (χ4v) is 1.93. The zero-order chi connectivity index (χ0) is 12.6. The lowest BCUT2D eigenvalue weighted by Crippen LogP contribution is -2.23. The number of aryl methyl sites for hydroxylation is 1. The average molecular weight is 234 g/mol. The molecule has 5 heteroatoms. The molecule has 0 aliphatic heterocycles. The largest absolute Gasteiger partial charge is 0.419 e. The zero-order valence-corrected chi connectivity index (χ0v) is 9.98. The second-order valence-electron chi connectivity index (χ2n) is 3.99. The molecule has 0 saturated carbocycles. The Kier molecular flexibility index (Phi) is 2.85. The van der Waals surface area contributed by atoms with Crippen molar-refractivity contribution >= 4 is 16.9 Å². The average Bonchev–Trinajstić information content (AvgIpc) is 2.55. The molecule has 0 fully saturated rings. The second kappa shape index (κ2) is 4.18. The van der Waals surface area contributed by atoms with E-state index in [-0.39, 0.29) is 11.8 Å². The first kappa shape index (κ1) is 11.6. The molecule has 17 heavy (non-hydrogen) atoms. The van der Waals surface area contributed by atoms with Crippen molar-refractivity contribution in [3.05, 3.63) is 34.3 Å². The predicted molar refractivity (Wildman–Crippen MR) is 63.9 cm³/mol. The third-order valence-corrected chi connectivity index (χ3v) is 2.84. The molecule has 1 aromatic carbocycles. The maximum absolute atomic E-state index is 11.4. The number of hydrogen-bond acceptors (Lipinski definition) is 4. The van der Waals surface area contributed by atoms with Crippen LogP contribution in [0.5, 0.6) is 0 Å². The number of rotatable bonds is 3. The standard InChI is InChI=1S/C12H14N2O3/c1-7(15)11(13-2)8-4-5-9-10(6-8)17-12(16)14(9)3/h4-6,11,13H,1-3H3. The van der Waals surface area contributed by atoms with Gasteiger partial charge in [0.05, 0.1) is 11.6 Å². The molecular weight excluding hydrogens is 220 g/mol. The third-order valence-electron chi connectivity index (χ3n) is 2.84. The van der Waals surface area contributed by atoms with Crippen molar-refractivity contribution in [2.75, 3.05) is 7.05 Å². The van der Waals surface area contributed by atoms with Gasteiger partial charge < -0.3 is 9.73 Å². The normalized spacial score (nSPS) is 12.9. The molecule has 2 aromatic rings. The lowest BCUT2D eigenvalue weighted by Gasteiger charge is -2.12. The number of Topliss-reactive ketones (excluding diaryl/α,β-unsaturated/α-hetero) is 1. The van der Waals surface area contributed by atoms with E-state index >= 15 is 0 Å². The van der Waals surface area contributed by atoms with Gasteiger partial charge in [-0.1, -0.05) is 6.07 Å². The van der Waals surface area contributed by atoms with Crippen molar-refractivity contribution in [1.29, 1.82) is 0 Å². The lowest BCUT2D eigenvalue weighted by atomic mass is 10.0. The van der Waals surface area contributed by atoms with Crippen LogP contribution >= 0.6 is 0 Å². The van der Waals surface area contributed by atoms with E-state index in [2.05, 4.69) is 5.32 Å². The van der Waals surface area contributed by atoms with Crippen LogP contribution in [0, 0.1) is 0 Å². The number of carbonyl (C=O) groups is 1. The van der Waals surface area contributed by atoms with Crippen molar-refractivity contribution < 1.29 is 9.21 Å². The van der Waals surface area contributed by atoms with Gasteiger partial charge in [-0.2, -0.15) is 0 Å². The highest BCUT2D eigenvalue weighted by Crippen LogP contribution is 2.19. The summed E-state index contributed by atoms with van der Waals surface area (Å²) in [7, 11) is 3.37. The van der Waals surface area contributed by atoms with Gasteiger partial charge >= 0.3 is 5.76 Å². The molecule has 5 nitrogen and oxygen atoms in total. The van der Waals surface area contributed by atoms with Gasteiger partial charge in [0.1, 0.15) is 0 Å². The summed E-state index contributed by atoms with van der Waals surface area (Å²) < 4.78 is 6.51. The molecule has 1 N–H and O–H groups in total. The minimum atomic E-state index is -0.402. The topological polar surface area (TPSA) is 64.2 Å². The lowest BCUT2D eigenvalue weighted by molar-refractivity contribution is -0.119. The Morgan fingerprint density at radius 2 is 2.18 bits per heavy atom. The van der Waals surface area contributed by atoms with E-state index in [9.17, 15) is 9.59 Å². The summed E-state index contributed by atoms with van der Waals surface area (Å²) in [5.74, 6) is -0.383. The molecule has 0 bridgehead atoms. The Morgan fingerprint density at radius 1 is 1.47 bits per heavy atom. The minimum Gasteiger partial charge on any atom is -0.408 e. The number of carbonyl (C=O) groups excluding carboxylic acids is 1. The van der Waals surface area contributed by atoms with Crippen molar-refractivity contribution in [3.8, 4) is 0 Å². The zero-order valence-electron chi connectivity index (χ0n) is 9.98. The quantitative estimate of drug-likeness (QED) is 0.859. The Morgan fingerprint density at radius 3 is 2.76 bits per heavy atom. The van der Waals surface area contributed by atoms with Crippen molar-refractivity contribution in [1.82, 2.24) is 9.88 Å². The van der Waals surface area contributed by atoms with Gasteiger partial charge in [-0.25, -0.2) is 4.79 Å². The highest BCUT2D eigenvalue weighted by molar-refractivity contribution is 5.84. The molecule has 0 aliphatic rings. The fourth-order valence-electron chi connectivity index (χ4n) is 1.93. The van der Waals surface area contributed by atoms with Crippen LogP contribution in [0.25, 0.3) is 11.1 Å². The number of nitrogens with one attached hydrogen (secondary N) is 1. The third kappa shape index (κ3) is 1.89. The maximum Gasteiger partial charge on any atom is 0.419 e. The van der Waals surface area contributed by atoms with Crippen LogP contribution in [0.2, 0.25) is 0 Å². The molecule has 1 aromatic heterocycles. The SMILES string of the molecule is CNC(C(C)=O)c1ccc2c(c1)oc(=O)n2C. The van der Waals surface area contributed by atoms with Crippen LogP contribution in [0.3, 0.4) is 0 Å². The number of ketones is 1. The predicted octanol–water partition coefficient (Wildman–Crippen LogP) is 0.981. The molecule has 2 rings (SSSR count). The summed E-state index contributed by atoms with van der Waals surface area (Å²) in [6.07, 6.45) is 0. The number of nitrogens with zero attached hydrogens (tertiary/aromatic N) is 1. The fraction of sp³-hybridized carbons (Fsp3) is 0.333.